The van der Waals surface area contributed by atoms with Crippen molar-refractivity contribution in [2.45, 2.75) is 50.5 Å². The molecule has 1 aliphatic heterocycles. The van der Waals surface area contributed by atoms with Crippen molar-refractivity contribution in [3.63, 3.8) is 0 Å². The quantitative estimate of drug-likeness (QED) is 0.678. The van der Waals surface area contributed by atoms with E-state index in [0.29, 0.717) is 12.6 Å². The normalized spacial score (nSPS) is 18.4. The van der Waals surface area contributed by atoms with Crippen LogP contribution >= 0.6 is 11.3 Å². The molecule has 0 saturated carbocycles. The Labute approximate surface area is 170 Å². The lowest BCUT2D eigenvalue weighted by Gasteiger charge is -2.35. The molecule has 28 heavy (non-hydrogen) atoms. The van der Waals surface area contributed by atoms with E-state index in [-0.39, 0.29) is 17.3 Å². The number of aromatic nitrogens is 1. The Morgan fingerprint density at radius 2 is 2.18 bits per heavy atom. The summed E-state index contributed by atoms with van der Waals surface area (Å²) in [4.78, 5) is 19.0. The molecule has 7 nitrogen and oxygen atoms in total. The van der Waals surface area contributed by atoms with Gasteiger partial charge in [-0.3, -0.25) is 9.69 Å². The smallest absolute Gasteiger partial charge is 0.241 e. The molecule has 0 aliphatic carbocycles. The Balaban J connectivity index is 1.48. The number of hydrogen-bond acceptors (Lipinski definition) is 6. The molecule has 3 rings (SSSR count). The molecule has 0 radical (unpaired) electrons. The average molecular weight is 425 g/mol. The van der Waals surface area contributed by atoms with Crippen molar-refractivity contribution >= 4 is 37.5 Å². The van der Waals surface area contributed by atoms with Gasteiger partial charge in [0.15, 0.2) is 0 Å². The Kier molecular flexibility index (Phi) is 7.03. The Bertz CT molecular complexity index is 926. The average Bonchev–Trinajstić information content (AvgIpc) is 3.06. The molecule has 1 fully saturated rings. The molecule has 1 atom stereocenters. The maximum atomic E-state index is 12.5. The molecule has 9 heteroatoms. The first-order chi connectivity index (χ1) is 13.4. The predicted molar refractivity (Wildman–Crippen MR) is 112 cm³/mol. The maximum absolute atomic E-state index is 12.5. The van der Waals surface area contributed by atoms with E-state index in [2.05, 4.69) is 26.8 Å². The van der Waals surface area contributed by atoms with Crippen LogP contribution in [0.2, 0.25) is 0 Å². The minimum absolute atomic E-state index is 0.149. The van der Waals surface area contributed by atoms with Gasteiger partial charge in [0.05, 0.1) is 26.7 Å². The largest absolute Gasteiger partial charge is 0.354 e. The van der Waals surface area contributed by atoms with Crippen LogP contribution < -0.4 is 10.0 Å². The van der Waals surface area contributed by atoms with Gasteiger partial charge in [0.1, 0.15) is 0 Å². The van der Waals surface area contributed by atoms with Crippen LogP contribution in [0.4, 0.5) is 0 Å². The first-order valence-electron chi connectivity index (χ1n) is 9.76. The molecule has 2 aromatic rings. The summed E-state index contributed by atoms with van der Waals surface area (Å²) >= 11 is 1.45. The number of carbonyl (C=O) groups excluding carboxylic acids is 1. The predicted octanol–water partition coefficient (Wildman–Crippen LogP) is 2.26. The summed E-state index contributed by atoms with van der Waals surface area (Å²) < 4.78 is 28.2. The van der Waals surface area contributed by atoms with E-state index < -0.39 is 10.0 Å². The number of piperidine rings is 1. The topological polar surface area (TPSA) is 91.4 Å². The van der Waals surface area contributed by atoms with Crippen molar-refractivity contribution in [2.24, 2.45) is 0 Å². The fourth-order valence-electron chi connectivity index (χ4n) is 3.65. The van der Waals surface area contributed by atoms with Gasteiger partial charge in [-0.2, -0.15) is 0 Å². The highest BCUT2D eigenvalue weighted by Gasteiger charge is 2.21. The molecule has 2 heterocycles. The molecule has 1 amide bonds. The third-order valence-corrected chi connectivity index (χ3v) is 7.47. The first-order valence-corrected chi connectivity index (χ1v) is 12.1. The zero-order valence-corrected chi connectivity index (χ0v) is 18.0. The van der Waals surface area contributed by atoms with E-state index in [0.717, 1.165) is 34.7 Å². The zero-order valence-electron chi connectivity index (χ0n) is 16.4. The minimum Gasteiger partial charge on any atom is -0.354 e. The highest BCUT2D eigenvalue weighted by atomic mass is 32.2. The van der Waals surface area contributed by atoms with E-state index in [1.165, 1.54) is 36.7 Å². The number of sulfonamides is 1. The number of carbonyl (C=O) groups is 1. The third kappa shape index (κ3) is 5.28. The number of fused-ring (bicyclic) bond motifs is 1. The Morgan fingerprint density at radius 1 is 1.36 bits per heavy atom. The van der Waals surface area contributed by atoms with Crippen molar-refractivity contribution in [1.82, 2.24) is 19.9 Å². The number of likely N-dealkylation sites (tertiary alicyclic amines) is 1. The van der Waals surface area contributed by atoms with Crippen molar-refractivity contribution < 1.29 is 13.2 Å². The lowest BCUT2D eigenvalue weighted by atomic mass is 10.0. The monoisotopic (exact) mass is 424 g/mol. The second-order valence-electron chi connectivity index (χ2n) is 7.13. The van der Waals surface area contributed by atoms with Crippen LogP contribution in [0.15, 0.2) is 23.1 Å². The summed E-state index contributed by atoms with van der Waals surface area (Å²) in [7, 11) is -3.74. The molecule has 1 aromatic carbocycles. The zero-order chi connectivity index (χ0) is 20.1. The van der Waals surface area contributed by atoms with Gasteiger partial charge in [0, 0.05) is 19.1 Å². The van der Waals surface area contributed by atoms with Gasteiger partial charge in [-0.1, -0.05) is 13.3 Å². The molecule has 1 aliphatic rings. The lowest BCUT2D eigenvalue weighted by Crippen LogP contribution is -2.45. The Morgan fingerprint density at radius 3 is 2.96 bits per heavy atom. The fourth-order valence-corrected chi connectivity index (χ4v) is 5.60. The van der Waals surface area contributed by atoms with Gasteiger partial charge >= 0.3 is 0 Å². The number of nitrogens with one attached hydrogen (secondary N) is 2. The number of thiazole rings is 1. The molecule has 0 bridgehead atoms. The highest BCUT2D eigenvalue weighted by Crippen LogP contribution is 2.24. The summed E-state index contributed by atoms with van der Waals surface area (Å²) in [5, 5.41) is 3.70. The van der Waals surface area contributed by atoms with Gasteiger partial charge < -0.3 is 5.32 Å². The summed E-state index contributed by atoms with van der Waals surface area (Å²) in [5.41, 5.74) is 0.780. The van der Waals surface area contributed by atoms with Crippen molar-refractivity contribution in [2.75, 3.05) is 26.2 Å². The van der Waals surface area contributed by atoms with Crippen LogP contribution in [-0.4, -0.2) is 56.4 Å². The summed E-state index contributed by atoms with van der Waals surface area (Å²) in [6.45, 7) is 6.22. The number of nitrogens with zero attached hydrogens (tertiary/aromatic N) is 2. The van der Waals surface area contributed by atoms with Gasteiger partial charge in [-0.15, -0.1) is 11.3 Å². The van der Waals surface area contributed by atoms with Crippen LogP contribution in [0, 0.1) is 6.92 Å². The van der Waals surface area contributed by atoms with Gasteiger partial charge in [0.2, 0.25) is 15.9 Å². The second kappa shape index (κ2) is 9.30. The second-order valence-corrected chi connectivity index (χ2v) is 10.1. The molecule has 154 valence electrons. The SMILES string of the molecule is CC[C@H]1CCCCN1CCNC(=O)CNS(=O)(=O)c1ccc2nc(C)sc2c1. The standard InChI is InChI=1S/C19H28N4O3S2/c1-3-15-6-4-5-10-23(15)11-9-20-19(24)13-21-28(25,26)16-7-8-17-18(12-16)27-14(2)22-17/h7-8,12,15,21H,3-6,9-11,13H2,1-2H3,(H,20,24)/t15-/m0/s1. The highest BCUT2D eigenvalue weighted by molar-refractivity contribution is 7.89. The van der Waals surface area contributed by atoms with Crippen molar-refractivity contribution in [3.8, 4) is 0 Å². The van der Waals surface area contributed by atoms with Crippen LogP contribution in [0.5, 0.6) is 0 Å². The molecule has 0 spiro atoms. The van der Waals surface area contributed by atoms with Crippen LogP contribution in [-0.2, 0) is 14.8 Å². The summed E-state index contributed by atoms with van der Waals surface area (Å²) in [6, 6.07) is 5.40. The number of rotatable bonds is 8. The molecular formula is C19H28N4O3S2. The molecule has 1 aromatic heterocycles. The van der Waals surface area contributed by atoms with E-state index in [1.807, 2.05) is 6.92 Å². The molecule has 1 saturated heterocycles. The van der Waals surface area contributed by atoms with Gasteiger partial charge in [0.25, 0.3) is 0 Å². The van der Waals surface area contributed by atoms with Crippen LogP contribution in [0.3, 0.4) is 0 Å². The van der Waals surface area contributed by atoms with Crippen LogP contribution in [0.25, 0.3) is 10.2 Å². The fraction of sp³-hybridized carbons (Fsp3) is 0.579. The third-order valence-electron chi connectivity index (χ3n) is 5.14. The van der Waals surface area contributed by atoms with E-state index >= 15 is 0 Å². The number of amides is 1. The number of aryl methyl sites for hydroxylation is 1. The summed E-state index contributed by atoms with van der Waals surface area (Å²) in [5.74, 6) is -0.316. The molecular weight excluding hydrogens is 396 g/mol. The van der Waals surface area contributed by atoms with E-state index in [9.17, 15) is 13.2 Å². The van der Waals surface area contributed by atoms with Crippen molar-refractivity contribution in [3.05, 3.63) is 23.2 Å². The Hall–Kier alpha value is -1.55. The van der Waals surface area contributed by atoms with Crippen LogP contribution in [0.1, 0.15) is 37.6 Å². The lowest BCUT2D eigenvalue weighted by molar-refractivity contribution is -0.120. The summed E-state index contributed by atoms with van der Waals surface area (Å²) in [6.07, 6.45) is 4.81. The van der Waals surface area contributed by atoms with Gasteiger partial charge in [-0.25, -0.2) is 18.1 Å². The van der Waals surface area contributed by atoms with E-state index in [1.54, 1.807) is 12.1 Å². The first kappa shape index (κ1) is 21.2. The van der Waals surface area contributed by atoms with E-state index in [4.69, 9.17) is 0 Å². The van der Waals surface area contributed by atoms with Crippen molar-refractivity contribution in [1.29, 1.82) is 0 Å². The number of benzene rings is 1. The molecule has 0 unspecified atom stereocenters. The maximum Gasteiger partial charge on any atom is 0.241 e. The number of hydrogen-bond donors (Lipinski definition) is 2. The minimum atomic E-state index is -3.74. The molecule has 2 N–H and O–H groups in total. The van der Waals surface area contributed by atoms with Gasteiger partial charge in [-0.05, 0) is 50.9 Å².